The van der Waals surface area contributed by atoms with E-state index in [1.165, 1.54) is 116 Å². The molecule has 1 rings (SSSR count). The molecule has 0 fully saturated rings. The fourth-order valence-electron chi connectivity index (χ4n) is 5.46. The molecule has 0 saturated heterocycles. The first kappa shape index (κ1) is 38.1. The Bertz CT molecular complexity index is 767. The summed E-state index contributed by atoms with van der Waals surface area (Å²) in [4.78, 5) is 0.438. The van der Waals surface area contributed by atoms with Crippen LogP contribution in [-0.2, 0) is 19.5 Å². The summed E-state index contributed by atoms with van der Waals surface area (Å²) in [5.41, 5.74) is 1.09. The van der Waals surface area contributed by atoms with Gasteiger partial charge in [-0.15, -0.1) is 0 Å². The first-order chi connectivity index (χ1) is 20.0. The van der Waals surface area contributed by atoms with Crippen molar-refractivity contribution in [3.8, 4) is 0 Å². The number of rotatable bonds is 30. The Kier molecular flexibility index (Phi) is 24.8. The highest BCUT2D eigenvalue weighted by molar-refractivity contribution is 7.89. The van der Waals surface area contributed by atoms with Gasteiger partial charge in [0.2, 0.25) is 10.0 Å². The predicted molar refractivity (Wildman–Crippen MR) is 175 cm³/mol. The van der Waals surface area contributed by atoms with E-state index >= 15 is 0 Å². The highest BCUT2D eigenvalue weighted by Crippen LogP contribution is 2.20. The van der Waals surface area contributed by atoms with E-state index in [-0.39, 0.29) is 0 Å². The van der Waals surface area contributed by atoms with Crippen molar-refractivity contribution in [1.82, 2.24) is 4.31 Å². The zero-order valence-corrected chi connectivity index (χ0v) is 28.0. The molecular weight excluding hydrogens is 530 g/mol. The van der Waals surface area contributed by atoms with E-state index in [1.54, 1.807) is 30.7 Å². The van der Waals surface area contributed by atoms with Crippen LogP contribution in [-0.4, -0.2) is 53.2 Å². The summed E-state index contributed by atoms with van der Waals surface area (Å²) in [5, 5.41) is 0. The van der Waals surface area contributed by atoms with Crippen LogP contribution < -0.4 is 0 Å². The number of aryl methyl sites for hydroxylation is 1. The molecule has 0 N–H and O–H groups in total. The van der Waals surface area contributed by atoms with Crippen LogP contribution in [0.1, 0.15) is 147 Å². The lowest BCUT2D eigenvalue weighted by Gasteiger charge is -2.22. The number of ether oxygens (including phenoxy) is 2. The standard InChI is InChI=1S/C35H65NO4S/c1-34-26-28-35(29-27-34)41(37,38)36(30-22-18-14-10-6-4-8-12-16-20-24-32-39-2)31-23-19-15-11-7-5-9-13-17-21-25-33-40-3/h26-29H,4-25,30-33H2,1-3H3. The third-order valence-corrected chi connectivity index (χ3v) is 10.1. The van der Waals surface area contributed by atoms with Crippen molar-refractivity contribution < 1.29 is 17.9 Å². The van der Waals surface area contributed by atoms with Gasteiger partial charge < -0.3 is 9.47 Å². The summed E-state index contributed by atoms with van der Waals surface area (Å²) in [6.45, 7) is 5.06. The maximum atomic E-state index is 13.5. The van der Waals surface area contributed by atoms with Gasteiger partial charge in [0.1, 0.15) is 0 Å². The average molecular weight is 596 g/mol. The van der Waals surface area contributed by atoms with Crippen molar-refractivity contribution in [1.29, 1.82) is 0 Å². The van der Waals surface area contributed by atoms with Gasteiger partial charge in [0.05, 0.1) is 4.90 Å². The van der Waals surface area contributed by atoms with Crippen LogP contribution in [0.3, 0.4) is 0 Å². The molecule has 240 valence electrons. The van der Waals surface area contributed by atoms with Crippen LogP contribution in [0.25, 0.3) is 0 Å². The minimum absolute atomic E-state index is 0.438. The fourth-order valence-corrected chi connectivity index (χ4v) is 6.98. The van der Waals surface area contributed by atoms with E-state index in [9.17, 15) is 8.42 Å². The molecule has 0 atom stereocenters. The van der Waals surface area contributed by atoms with Crippen molar-refractivity contribution in [2.24, 2.45) is 0 Å². The van der Waals surface area contributed by atoms with E-state index in [2.05, 4.69) is 0 Å². The highest BCUT2D eigenvalue weighted by atomic mass is 32.2. The lowest BCUT2D eigenvalue weighted by atomic mass is 10.1. The predicted octanol–water partition coefficient (Wildman–Crippen LogP) is 9.86. The number of benzene rings is 1. The zero-order valence-electron chi connectivity index (χ0n) is 27.2. The Labute approximate surface area is 255 Å². The van der Waals surface area contributed by atoms with Gasteiger partial charge in [-0.2, -0.15) is 4.31 Å². The van der Waals surface area contributed by atoms with Crippen LogP contribution in [0, 0.1) is 6.92 Å². The summed E-state index contributed by atoms with van der Waals surface area (Å²) < 4.78 is 38.9. The lowest BCUT2D eigenvalue weighted by Crippen LogP contribution is -2.33. The Morgan fingerprint density at radius 3 is 1.10 bits per heavy atom. The second-order valence-electron chi connectivity index (χ2n) is 12.0. The quantitative estimate of drug-likeness (QED) is 0.0831. The minimum Gasteiger partial charge on any atom is -0.385 e. The summed E-state index contributed by atoms with van der Waals surface area (Å²) in [7, 11) is 0.120. The Morgan fingerprint density at radius 2 is 0.780 bits per heavy atom. The van der Waals surface area contributed by atoms with Gasteiger partial charge in [-0.1, -0.05) is 133 Å². The van der Waals surface area contributed by atoms with Crippen LogP contribution in [0.2, 0.25) is 0 Å². The van der Waals surface area contributed by atoms with Crippen molar-refractivity contribution in [2.75, 3.05) is 40.5 Å². The lowest BCUT2D eigenvalue weighted by molar-refractivity contribution is 0.192. The molecule has 0 saturated carbocycles. The minimum atomic E-state index is -3.43. The van der Waals surface area contributed by atoms with Gasteiger partial charge >= 0.3 is 0 Å². The molecular formula is C35H65NO4S. The largest absolute Gasteiger partial charge is 0.385 e. The molecule has 0 unspecified atom stereocenters. The molecule has 41 heavy (non-hydrogen) atoms. The number of sulfonamides is 1. The van der Waals surface area contributed by atoms with Gasteiger partial charge in [0.25, 0.3) is 0 Å². The molecule has 0 aromatic heterocycles. The molecule has 1 aromatic carbocycles. The first-order valence-corrected chi connectivity index (χ1v) is 18.5. The highest BCUT2D eigenvalue weighted by Gasteiger charge is 2.23. The molecule has 0 aliphatic heterocycles. The number of hydrogen-bond donors (Lipinski definition) is 0. The molecule has 0 bridgehead atoms. The van der Waals surface area contributed by atoms with Gasteiger partial charge in [-0.05, 0) is 44.7 Å². The van der Waals surface area contributed by atoms with Crippen molar-refractivity contribution in [2.45, 2.75) is 153 Å². The van der Waals surface area contributed by atoms with Crippen molar-refractivity contribution >= 4 is 10.0 Å². The molecule has 0 spiro atoms. The summed E-state index contributed by atoms with van der Waals surface area (Å²) in [6, 6.07) is 7.36. The maximum Gasteiger partial charge on any atom is 0.243 e. The number of methoxy groups -OCH3 is 2. The van der Waals surface area contributed by atoms with E-state index in [0.29, 0.717) is 18.0 Å². The number of hydrogen-bond acceptors (Lipinski definition) is 4. The number of nitrogens with zero attached hydrogens (tertiary/aromatic N) is 1. The summed E-state index contributed by atoms with van der Waals surface area (Å²) in [5.74, 6) is 0. The normalized spacial score (nSPS) is 12.0. The van der Waals surface area contributed by atoms with Crippen LogP contribution in [0.4, 0.5) is 0 Å². The second-order valence-corrected chi connectivity index (χ2v) is 13.9. The molecule has 0 heterocycles. The van der Waals surface area contributed by atoms with Gasteiger partial charge in [0, 0.05) is 40.5 Å². The molecule has 1 aromatic rings. The summed E-state index contributed by atoms with van der Waals surface area (Å²) in [6.07, 6.45) is 27.3. The SMILES string of the molecule is COCCCCCCCCCCCCCN(CCCCCCCCCCCCCOC)S(=O)(=O)c1ccc(C)cc1. The molecule has 0 amide bonds. The zero-order chi connectivity index (χ0) is 29.9. The van der Waals surface area contributed by atoms with E-state index in [1.807, 2.05) is 19.1 Å². The number of unbranched alkanes of at least 4 members (excludes halogenated alkanes) is 20. The van der Waals surface area contributed by atoms with Crippen LogP contribution >= 0.6 is 0 Å². The Morgan fingerprint density at radius 1 is 0.488 bits per heavy atom. The monoisotopic (exact) mass is 595 g/mol. The molecule has 0 aliphatic carbocycles. The van der Waals surface area contributed by atoms with Crippen LogP contribution in [0.5, 0.6) is 0 Å². The van der Waals surface area contributed by atoms with E-state index < -0.39 is 10.0 Å². The third-order valence-electron chi connectivity index (χ3n) is 8.17. The Balaban J connectivity index is 2.26. The second kappa shape index (κ2) is 26.7. The molecule has 5 nitrogen and oxygen atoms in total. The first-order valence-electron chi connectivity index (χ1n) is 17.1. The molecule has 6 heteroatoms. The smallest absolute Gasteiger partial charge is 0.243 e. The molecule has 0 radical (unpaired) electrons. The average Bonchev–Trinajstić information content (AvgIpc) is 2.97. The van der Waals surface area contributed by atoms with Gasteiger partial charge in [-0.25, -0.2) is 8.42 Å². The summed E-state index contributed by atoms with van der Waals surface area (Å²) >= 11 is 0. The van der Waals surface area contributed by atoms with E-state index in [0.717, 1.165) is 44.5 Å². The third kappa shape index (κ3) is 20.6. The fraction of sp³-hybridized carbons (Fsp3) is 0.829. The maximum absolute atomic E-state index is 13.5. The van der Waals surface area contributed by atoms with Crippen molar-refractivity contribution in [3.05, 3.63) is 29.8 Å². The van der Waals surface area contributed by atoms with E-state index in [4.69, 9.17) is 9.47 Å². The van der Waals surface area contributed by atoms with Gasteiger partial charge in [0.15, 0.2) is 0 Å². The van der Waals surface area contributed by atoms with Crippen molar-refractivity contribution in [3.63, 3.8) is 0 Å². The van der Waals surface area contributed by atoms with Gasteiger partial charge in [-0.3, -0.25) is 0 Å². The Hall–Kier alpha value is -0.950. The topological polar surface area (TPSA) is 55.8 Å². The van der Waals surface area contributed by atoms with Crippen LogP contribution in [0.15, 0.2) is 29.2 Å². The molecule has 0 aliphatic rings.